The SMILES string of the molecule is COc1ccc(C(=O)Nc2ccccc2-n2cncn2)c(F)c1. The van der Waals surface area contributed by atoms with Crippen molar-refractivity contribution in [1.82, 2.24) is 14.8 Å². The van der Waals surface area contributed by atoms with E-state index in [1.54, 1.807) is 24.3 Å². The molecule has 1 N–H and O–H groups in total. The Kier molecular flexibility index (Phi) is 4.01. The molecule has 1 amide bonds. The molecule has 0 saturated carbocycles. The molecule has 1 heterocycles. The first-order valence-corrected chi connectivity index (χ1v) is 6.78. The highest BCUT2D eigenvalue weighted by Crippen LogP contribution is 2.21. The van der Waals surface area contributed by atoms with Crippen LogP contribution in [0.1, 0.15) is 10.4 Å². The number of hydrogen-bond acceptors (Lipinski definition) is 4. The van der Waals surface area contributed by atoms with Gasteiger partial charge in [-0.1, -0.05) is 12.1 Å². The Bertz CT molecular complexity index is 834. The largest absolute Gasteiger partial charge is 0.497 e. The van der Waals surface area contributed by atoms with Crippen LogP contribution in [0.3, 0.4) is 0 Å². The summed E-state index contributed by atoms with van der Waals surface area (Å²) in [5.41, 5.74) is 1.06. The van der Waals surface area contributed by atoms with Gasteiger partial charge in [-0.2, -0.15) is 5.10 Å². The summed E-state index contributed by atoms with van der Waals surface area (Å²) in [5, 5.41) is 6.72. The molecule has 0 bridgehead atoms. The Morgan fingerprint density at radius 1 is 1.26 bits per heavy atom. The second kappa shape index (κ2) is 6.27. The standard InChI is InChI=1S/C16H13FN4O2/c1-23-11-6-7-12(13(17)8-11)16(22)20-14-4-2-3-5-15(14)21-10-18-9-19-21/h2-10H,1H3,(H,20,22). The van der Waals surface area contributed by atoms with Gasteiger partial charge in [0, 0.05) is 6.07 Å². The summed E-state index contributed by atoms with van der Waals surface area (Å²) >= 11 is 0. The van der Waals surface area contributed by atoms with Crippen molar-refractivity contribution in [3.05, 3.63) is 66.5 Å². The molecule has 0 spiro atoms. The van der Waals surface area contributed by atoms with Crippen molar-refractivity contribution in [1.29, 1.82) is 0 Å². The van der Waals surface area contributed by atoms with Crippen LogP contribution < -0.4 is 10.1 Å². The van der Waals surface area contributed by atoms with E-state index in [-0.39, 0.29) is 5.56 Å². The van der Waals surface area contributed by atoms with E-state index >= 15 is 0 Å². The predicted molar refractivity (Wildman–Crippen MR) is 82.3 cm³/mol. The van der Waals surface area contributed by atoms with Crippen molar-refractivity contribution in [2.24, 2.45) is 0 Å². The first-order chi connectivity index (χ1) is 11.2. The Balaban J connectivity index is 1.90. The number of aromatic nitrogens is 3. The number of para-hydroxylation sites is 2. The number of anilines is 1. The number of carbonyl (C=O) groups is 1. The van der Waals surface area contributed by atoms with E-state index in [0.717, 1.165) is 6.07 Å². The maximum atomic E-state index is 14.0. The lowest BCUT2D eigenvalue weighted by molar-refractivity contribution is 0.102. The van der Waals surface area contributed by atoms with Crippen LogP contribution in [-0.2, 0) is 0 Å². The van der Waals surface area contributed by atoms with Crippen LogP contribution >= 0.6 is 0 Å². The minimum Gasteiger partial charge on any atom is -0.497 e. The molecule has 3 rings (SSSR count). The molecular weight excluding hydrogens is 299 g/mol. The van der Waals surface area contributed by atoms with Gasteiger partial charge in [0.05, 0.1) is 24.0 Å². The number of halogens is 1. The number of nitrogens with zero attached hydrogens (tertiary/aromatic N) is 3. The van der Waals surface area contributed by atoms with E-state index in [1.165, 1.54) is 36.6 Å². The van der Waals surface area contributed by atoms with Crippen LogP contribution in [0.2, 0.25) is 0 Å². The monoisotopic (exact) mass is 312 g/mol. The van der Waals surface area contributed by atoms with Gasteiger partial charge in [0.15, 0.2) is 0 Å². The predicted octanol–water partition coefficient (Wildman–Crippen LogP) is 2.67. The van der Waals surface area contributed by atoms with E-state index in [0.29, 0.717) is 17.1 Å². The highest BCUT2D eigenvalue weighted by Gasteiger charge is 2.15. The van der Waals surface area contributed by atoms with Crippen molar-refractivity contribution >= 4 is 11.6 Å². The minimum absolute atomic E-state index is 0.0702. The maximum Gasteiger partial charge on any atom is 0.258 e. The third kappa shape index (κ3) is 3.03. The molecule has 0 unspecified atom stereocenters. The van der Waals surface area contributed by atoms with E-state index in [2.05, 4.69) is 15.4 Å². The molecule has 0 fully saturated rings. The first kappa shape index (κ1) is 14.7. The molecule has 0 radical (unpaired) electrons. The van der Waals surface area contributed by atoms with Gasteiger partial charge in [-0.25, -0.2) is 14.1 Å². The maximum absolute atomic E-state index is 14.0. The zero-order valence-electron chi connectivity index (χ0n) is 12.2. The van der Waals surface area contributed by atoms with Gasteiger partial charge in [0.1, 0.15) is 24.2 Å². The van der Waals surface area contributed by atoms with Gasteiger partial charge in [-0.05, 0) is 24.3 Å². The van der Waals surface area contributed by atoms with E-state index < -0.39 is 11.7 Å². The van der Waals surface area contributed by atoms with E-state index in [9.17, 15) is 9.18 Å². The summed E-state index contributed by atoms with van der Waals surface area (Å²) < 4.78 is 20.4. The summed E-state index contributed by atoms with van der Waals surface area (Å²) in [5.74, 6) is -0.861. The molecule has 0 aliphatic rings. The average Bonchev–Trinajstić information content (AvgIpc) is 3.09. The van der Waals surface area contributed by atoms with E-state index in [4.69, 9.17) is 4.74 Å². The van der Waals surface area contributed by atoms with Gasteiger partial charge in [0.2, 0.25) is 0 Å². The highest BCUT2D eigenvalue weighted by molar-refractivity contribution is 6.05. The lowest BCUT2D eigenvalue weighted by Gasteiger charge is -2.11. The topological polar surface area (TPSA) is 69.0 Å². The minimum atomic E-state index is -0.653. The van der Waals surface area contributed by atoms with Gasteiger partial charge in [-0.3, -0.25) is 4.79 Å². The van der Waals surface area contributed by atoms with E-state index in [1.807, 2.05) is 0 Å². The fourth-order valence-corrected chi connectivity index (χ4v) is 2.11. The van der Waals surface area contributed by atoms with Crippen LogP contribution in [0.15, 0.2) is 55.1 Å². The molecule has 23 heavy (non-hydrogen) atoms. The highest BCUT2D eigenvalue weighted by atomic mass is 19.1. The second-order valence-electron chi connectivity index (χ2n) is 4.66. The molecule has 0 atom stereocenters. The van der Waals surface area contributed by atoms with Gasteiger partial charge >= 0.3 is 0 Å². The smallest absolute Gasteiger partial charge is 0.258 e. The summed E-state index contributed by atoms with van der Waals surface area (Å²) in [6.07, 6.45) is 2.90. The normalized spacial score (nSPS) is 10.3. The average molecular weight is 312 g/mol. The zero-order valence-corrected chi connectivity index (χ0v) is 12.2. The summed E-state index contributed by atoms with van der Waals surface area (Å²) in [6.45, 7) is 0. The van der Waals surface area contributed by atoms with Crippen LogP contribution in [0.4, 0.5) is 10.1 Å². The number of methoxy groups -OCH3 is 1. The fourth-order valence-electron chi connectivity index (χ4n) is 2.11. The lowest BCUT2D eigenvalue weighted by Crippen LogP contribution is -2.15. The Labute approximate surface area is 131 Å². The number of rotatable bonds is 4. The molecule has 0 aliphatic heterocycles. The Hall–Kier alpha value is -3.22. The van der Waals surface area contributed by atoms with Crippen molar-refractivity contribution in [3.8, 4) is 11.4 Å². The van der Waals surface area contributed by atoms with Crippen molar-refractivity contribution in [3.63, 3.8) is 0 Å². The van der Waals surface area contributed by atoms with Gasteiger partial charge < -0.3 is 10.1 Å². The van der Waals surface area contributed by atoms with Crippen LogP contribution in [0.25, 0.3) is 5.69 Å². The third-order valence-electron chi connectivity index (χ3n) is 3.24. The third-order valence-corrected chi connectivity index (χ3v) is 3.24. The number of ether oxygens (including phenoxy) is 1. The quantitative estimate of drug-likeness (QED) is 0.804. The summed E-state index contributed by atoms with van der Waals surface area (Å²) in [4.78, 5) is 16.2. The molecule has 0 saturated heterocycles. The number of nitrogens with one attached hydrogen (secondary N) is 1. The van der Waals surface area contributed by atoms with Crippen LogP contribution in [0, 0.1) is 5.82 Å². The van der Waals surface area contributed by atoms with Crippen molar-refractivity contribution < 1.29 is 13.9 Å². The molecule has 0 aliphatic carbocycles. The summed E-state index contributed by atoms with van der Waals surface area (Å²) in [6, 6.07) is 11.1. The number of benzene rings is 2. The lowest BCUT2D eigenvalue weighted by atomic mass is 10.1. The Morgan fingerprint density at radius 2 is 2.09 bits per heavy atom. The fraction of sp³-hybridized carbons (Fsp3) is 0.0625. The molecule has 116 valence electrons. The Morgan fingerprint density at radius 3 is 2.78 bits per heavy atom. The molecule has 6 nitrogen and oxygen atoms in total. The van der Waals surface area contributed by atoms with Crippen LogP contribution in [0.5, 0.6) is 5.75 Å². The first-order valence-electron chi connectivity index (χ1n) is 6.78. The van der Waals surface area contributed by atoms with Crippen molar-refractivity contribution in [2.75, 3.05) is 12.4 Å². The molecule has 7 heteroatoms. The summed E-state index contributed by atoms with van der Waals surface area (Å²) in [7, 11) is 1.43. The zero-order chi connectivity index (χ0) is 16.2. The molecular formula is C16H13FN4O2. The van der Waals surface area contributed by atoms with Crippen molar-refractivity contribution in [2.45, 2.75) is 0 Å². The number of amides is 1. The van der Waals surface area contributed by atoms with Gasteiger partial charge in [-0.15, -0.1) is 0 Å². The number of carbonyl (C=O) groups excluding carboxylic acids is 1. The second-order valence-corrected chi connectivity index (χ2v) is 4.66. The molecule has 1 aromatic heterocycles. The van der Waals surface area contributed by atoms with Crippen LogP contribution in [-0.4, -0.2) is 27.8 Å². The molecule has 3 aromatic rings. The molecule has 2 aromatic carbocycles. The number of hydrogen-bond donors (Lipinski definition) is 1. The van der Waals surface area contributed by atoms with Gasteiger partial charge in [0.25, 0.3) is 5.91 Å².